The highest BCUT2D eigenvalue weighted by molar-refractivity contribution is 9.10. The summed E-state index contributed by atoms with van der Waals surface area (Å²) in [4.78, 5) is 18.8. The molecule has 0 aromatic carbocycles. The Balaban J connectivity index is 1.55. The molecule has 2 fully saturated rings. The summed E-state index contributed by atoms with van der Waals surface area (Å²) < 4.78 is 2.38. The van der Waals surface area contributed by atoms with Crippen LogP contribution >= 0.6 is 15.9 Å². The van der Waals surface area contributed by atoms with Crippen molar-refractivity contribution < 1.29 is 5.11 Å². The van der Waals surface area contributed by atoms with Crippen LogP contribution in [0.15, 0.2) is 33.7 Å². The maximum Gasteiger partial charge on any atom is 0.258 e. The van der Waals surface area contributed by atoms with Gasteiger partial charge in [0.2, 0.25) is 0 Å². The van der Waals surface area contributed by atoms with Crippen LogP contribution in [-0.2, 0) is 6.54 Å². The second-order valence-corrected chi connectivity index (χ2v) is 7.10. The highest BCUT2D eigenvalue weighted by Crippen LogP contribution is 2.44. The van der Waals surface area contributed by atoms with E-state index in [-0.39, 0.29) is 5.56 Å². The number of aromatic nitrogens is 2. The van der Waals surface area contributed by atoms with E-state index in [4.69, 9.17) is 0 Å². The molecule has 0 radical (unpaired) electrons. The van der Waals surface area contributed by atoms with Crippen molar-refractivity contribution in [2.24, 2.45) is 5.92 Å². The molecule has 5 nitrogen and oxygen atoms in total. The van der Waals surface area contributed by atoms with Gasteiger partial charge in [-0.3, -0.25) is 14.1 Å². The fourth-order valence-corrected chi connectivity index (χ4v) is 3.49. The van der Waals surface area contributed by atoms with Crippen molar-refractivity contribution in [3.8, 4) is 0 Å². The summed E-state index contributed by atoms with van der Waals surface area (Å²) in [6, 6.07) is 5.28. The largest absolute Gasteiger partial charge is 0.387 e. The molecule has 2 aromatic rings. The Labute approximate surface area is 130 Å². The SMILES string of the molecule is O=c1cc(CN2CC(O)(C3CC3)C2)nc2ccc(Br)cn12. The van der Waals surface area contributed by atoms with Crippen molar-refractivity contribution in [3.05, 3.63) is 44.9 Å². The van der Waals surface area contributed by atoms with Gasteiger partial charge in [-0.05, 0) is 46.8 Å². The zero-order valence-electron chi connectivity index (χ0n) is 11.5. The van der Waals surface area contributed by atoms with Crippen LogP contribution in [0.3, 0.4) is 0 Å². The molecular weight excluding hydrogens is 334 g/mol. The third-order valence-corrected chi connectivity index (χ3v) is 4.86. The fourth-order valence-electron chi connectivity index (χ4n) is 3.15. The molecule has 2 aliphatic rings. The zero-order valence-corrected chi connectivity index (χ0v) is 13.1. The second kappa shape index (κ2) is 4.63. The van der Waals surface area contributed by atoms with E-state index in [9.17, 15) is 9.90 Å². The first-order valence-corrected chi connectivity index (χ1v) is 7.95. The average Bonchev–Trinajstić information content (AvgIpc) is 3.22. The number of hydrogen-bond acceptors (Lipinski definition) is 4. The Morgan fingerprint density at radius 2 is 2.14 bits per heavy atom. The number of rotatable bonds is 3. The van der Waals surface area contributed by atoms with Gasteiger partial charge < -0.3 is 5.11 Å². The Kier molecular flexibility index (Phi) is 2.96. The summed E-state index contributed by atoms with van der Waals surface area (Å²) in [6.07, 6.45) is 4.02. The molecule has 0 unspecified atom stereocenters. The Bertz CT molecular complexity index is 763. The number of pyridine rings is 1. The molecule has 0 spiro atoms. The van der Waals surface area contributed by atoms with Crippen molar-refractivity contribution in [1.82, 2.24) is 14.3 Å². The van der Waals surface area contributed by atoms with Crippen LogP contribution in [-0.4, -0.2) is 38.1 Å². The highest BCUT2D eigenvalue weighted by Gasteiger charge is 2.51. The first kappa shape index (κ1) is 13.4. The minimum absolute atomic E-state index is 0.0747. The molecule has 21 heavy (non-hydrogen) atoms. The summed E-state index contributed by atoms with van der Waals surface area (Å²) >= 11 is 3.35. The van der Waals surface area contributed by atoms with E-state index in [1.165, 1.54) is 4.40 Å². The van der Waals surface area contributed by atoms with Gasteiger partial charge >= 0.3 is 0 Å². The molecule has 2 aromatic heterocycles. The van der Waals surface area contributed by atoms with Crippen molar-refractivity contribution in [1.29, 1.82) is 0 Å². The number of likely N-dealkylation sites (tertiary alicyclic amines) is 1. The predicted molar refractivity (Wildman–Crippen MR) is 82.1 cm³/mol. The smallest absolute Gasteiger partial charge is 0.258 e. The maximum absolute atomic E-state index is 12.1. The summed E-state index contributed by atoms with van der Waals surface area (Å²) in [5, 5.41) is 10.3. The fraction of sp³-hybridized carbons (Fsp3) is 0.467. The van der Waals surface area contributed by atoms with Crippen LogP contribution in [0.5, 0.6) is 0 Å². The van der Waals surface area contributed by atoms with Crippen LogP contribution in [0, 0.1) is 5.92 Å². The summed E-state index contributed by atoms with van der Waals surface area (Å²) in [5.41, 5.74) is 0.852. The molecule has 0 amide bonds. The average molecular weight is 350 g/mol. The number of fused-ring (bicyclic) bond motifs is 1. The molecule has 1 saturated heterocycles. The van der Waals surface area contributed by atoms with E-state index < -0.39 is 5.60 Å². The molecule has 0 bridgehead atoms. The quantitative estimate of drug-likeness (QED) is 0.910. The summed E-state index contributed by atoms with van der Waals surface area (Å²) in [6.45, 7) is 2.01. The lowest BCUT2D eigenvalue weighted by Crippen LogP contribution is -2.62. The number of halogens is 1. The van der Waals surface area contributed by atoms with E-state index in [2.05, 4.69) is 25.8 Å². The summed E-state index contributed by atoms with van der Waals surface area (Å²) in [5.74, 6) is 0.487. The zero-order chi connectivity index (χ0) is 14.6. The maximum atomic E-state index is 12.1. The van der Waals surface area contributed by atoms with Crippen molar-refractivity contribution in [2.45, 2.75) is 25.0 Å². The van der Waals surface area contributed by atoms with Crippen LogP contribution in [0.1, 0.15) is 18.5 Å². The van der Waals surface area contributed by atoms with Crippen LogP contribution in [0.4, 0.5) is 0 Å². The molecule has 0 atom stereocenters. The molecule has 1 aliphatic heterocycles. The summed E-state index contributed by atoms with van der Waals surface area (Å²) in [7, 11) is 0. The molecule has 1 aliphatic carbocycles. The standard InChI is InChI=1S/C15H16BrN3O2/c16-11-3-4-13-17-12(5-14(20)19(13)6-11)7-18-8-15(21,9-18)10-1-2-10/h3-6,10,21H,1-2,7-9H2. The van der Waals surface area contributed by atoms with E-state index >= 15 is 0 Å². The van der Waals surface area contributed by atoms with Crippen molar-refractivity contribution >= 4 is 21.6 Å². The Morgan fingerprint density at radius 3 is 2.86 bits per heavy atom. The van der Waals surface area contributed by atoms with Gasteiger partial charge in [0.05, 0.1) is 11.3 Å². The Hall–Kier alpha value is -1.24. The highest BCUT2D eigenvalue weighted by atomic mass is 79.9. The molecular formula is C15H16BrN3O2. The van der Waals surface area contributed by atoms with E-state index in [1.807, 2.05) is 12.1 Å². The van der Waals surface area contributed by atoms with Gasteiger partial charge in [0.1, 0.15) is 5.65 Å². The monoisotopic (exact) mass is 349 g/mol. The minimum Gasteiger partial charge on any atom is -0.387 e. The lowest BCUT2D eigenvalue weighted by atomic mass is 9.88. The van der Waals surface area contributed by atoms with E-state index in [1.54, 1.807) is 12.3 Å². The first-order chi connectivity index (χ1) is 10.0. The lowest BCUT2D eigenvalue weighted by molar-refractivity contribution is -0.117. The number of β-amino-alcohol motifs (C(OH)–C–C–N with tert-alkyl or cyclic N) is 1. The van der Waals surface area contributed by atoms with E-state index in [0.29, 0.717) is 31.2 Å². The van der Waals surface area contributed by atoms with E-state index in [0.717, 1.165) is 23.0 Å². The molecule has 6 heteroatoms. The molecule has 1 saturated carbocycles. The number of nitrogens with zero attached hydrogens (tertiary/aromatic N) is 3. The molecule has 4 rings (SSSR count). The number of aliphatic hydroxyl groups is 1. The Morgan fingerprint density at radius 1 is 1.38 bits per heavy atom. The van der Waals surface area contributed by atoms with Gasteiger partial charge in [-0.15, -0.1) is 0 Å². The number of hydrogen-bond donors (Lipinski definition) is 1. The normalized spacial score (nSPS) is 21.4. The van der Waals surface area contributed by atoms with Crippen LogP contribution in [0.2, 0.25) is 0 Å². The topological polar surface area (TPSA) is 57.8 Å². The molecule has 3 heterocycles. The minimum atomic E-state index is -0.489. The van der Waals surface area contributed by atoms with Gasteiger partial charge in [-0.2, -0.15) is 0 Å². The second-order valence-electron chi connectivity index (χ2n) is 6.18. The van der Waals surface area contributed by atoms with Gasteiger partial charge in [-0.1, -0.05) is 0 Å². The van der Waals surface area contributed by atoms with Crippen LogP contribution < -0.4 is 5.56 Å². The molecule has 110 valence electrons. The third kappa shape index (κ3) is 2.41. The van der Waals surface area contributed by atoms with Gasteiger partial charge in [0, 0.05) is 36.4 Å². The van der Waals surface area contributed by atoms with Gasteiger partial charge in [-0.25, -0.2) is 4.98 Å². The van der Waals surface area contributed by atoms with Crippen molar-refractivity contribution in [3.63, 3.8) is 0 Å². The third-order valence-electron chi connectivity index (χ3n) is 4.39. The lowest BCUT2D eigenvalue weighted by Gasteiger charge is -2.46. The van der Waals surface area contributed by atoms with Crippen LogP contribution in [0.25, 0.3) is 5.65 Å². The van der Waals surface area contributed by atoms with Gasteiger partial charge in [0.25, 0.3) is 5.56 Å². The first-order valence-electron chi connectivity index (χ1n) is 7.16. The molecule has 1 N–H and O–H groups in total. The van der Waals surface area contributed by atoms with Gasteiger partial charge in [0.15, 0.2) is 0 Å². The van der Waals surface area contributed by atoms with Crippen molar-refractivity contribution in [2.75, 3.05) is 13.1 Å². The predicted octanol–water partition coefficient (Wildman–Crippen LogP) is 1.41.